The molecule has 2 aliphatic heterocycles. The van der Waals surface area contributed by atoms with Crippen LogP contribution in [0.1, 0.15) is 31.9 Å². The Morgan fingerprint density at radius 2 is 2.08 bits per heavy atom. The molecule has 4 rings (SSSR count). The molecule has 0 aromatic carbocycles. The van der Waals surface area contributed by atoms with E-state index < -0.39 is 0 Å². The zero-order valence-corrected chi connectivity index (χ0v) is 15.9. The van der Waals surface area contributed by atoms with Gasteiger partial charge in [-0.2, -0.15) is 0 Å². The van der Waals surface area contributed by atoms with Gasteiger partial charge in [-0.15, -0.1) is 0 Å². The highest BCUT2D eigenvalue weighted by Gasteiger charge is 2.34. The molecule has 1 atom stereocenters. The molecule has 0 bridgehead atoms. The van der Waals surface area contributed by atoms with E-state index in [1.807, 2.05) is 6.07 Å². The normalized spacial score (nSPS) is 25.8. The van der Waals surface area contributed by atoms with Gasteiger partial charge >= 0.3 is 0 Å². The van der Waals surface area contributed by atoms with Crippen molar-refractivity contribution in [1.29, 1.82) is 0 Å². The van der Waals surface area contributed by atoms with Gasteiger partial charge in [0.15, 0.2) is 5.96 Å². The lowest BCUT2D eigenvalue weighted by Crippen LogP contribution is -2.52. The fourth-order valence-electron chi connectivity index (χ4n) is 4.09. The maximum Gasteiger partial charge on any atom is 0.194 e. The number of guanidine groups is 1. The van der Waals surface area contributed by atoms with Gasteiger partial charge in [-0.1, -0.05) is 5.16 Å². The van der Waals surface area contributed by atoms with Crippen molar-refractivity contribution in [3.8, 4) is 0 Å². The summed E-state index contributed by atoms with van der Waals surface area (Å²) in [6, 6.07) is 2.85. The molecule has 3 fully saturated rings. The Bertz CT molecular complexity index is 577. The lowest BCUT2D eigenvalue weighted by Gasteiger charge is -2.36. The van der Waals surface area contributed by atoms with Gasteiger partial charge in [0.25, 0.3) is 0 Å². The maximum atomic E-state index is 4.99. The molecule has 0 spiro atoms. The summed E-state index contributed by atoms with van der Waals surface area (Å²) < 4.78 is 4.93. The molecule has 0 amide bonds. The van der Waals surface area contributed by atoms with Crippen molar-refractivity contribution in [2.45, 2.75) is 38.8 Å². The number of hydrogen-bond donors (Lipinski definition) is 1. The van der Waals surface area contributed by atoms with Crippen LogP contribution < -0.4 is 5.32 Å². The Labute approximate surface area is 156 Å². The van der Waals surface area contributed by atoms with Gasteiger partial charge in [-0.25, -0.2) is 0 Å². The van der Waals surface area contributed by atoms with Crippen LogP contribution in [0.15, 0.2) is 21.8 Å². The predicted octanol–water partition coefficient (Wildman–Crippen LogP) is 1.24. The van der Waals surface area contributed by atoms with Crippen molar-refractivity contribution in [2.75, 3.05) is 52.4 Å². The van der Waals surface area contributed by atoms with Gasteiger partial charge in [0.05, 0.1) is 5.69 Å². The Hall–Kier alpha value is -1.60. The molecule has 1 aromatic rings. The molecule has 2 saturated heterocycles. The summed E-state index contributed by atoms with van der Waals surface area (Å²) in [6.45, 7) is 11.6. The monoisotopic (exact) mass is 360 g/mol. The van der Waals surface area contributed by atoms with Crippen LogP contribution in [-0.2, 0) is 6.54 Å². The van der Waals surface area contributed by atoms with E-state index in [9.17, 15) is 0 Å². The molecule has 1 N–H and O–H groups in total. The van der Waals surface area contributed by atoms with Crippen LogP contribution in [0, 0.1) is 5.92 Å². The quantitative estimate of drug-likeness (QED) is 0.608. The summed E-state index contributed by atoms with van der Waals surface area (Å²) in [4.78, 5) is 12.5. The summed E-state index contributed by atoms with van der Waals surface area (Å²) in [5.41, 5.74) is 1.01. The maximum absolute atomic E-state index is 4.99. The number of rotatable bonds is 6. The first-order chi connectivity index (χ1) is 12.8. The molecule has 7 nitrogen and oxygen atoms in total. The first-order valence-corrected chi connectivity index (χ1v) is 10.2. The zero-order chi connectivity index (χ0) is 17.8. The number of aromatic nitrogens is 1. The van der Waals surface area contributed by atoms with E-state index in [1.165, 1.54) is 32.4 Å². The van der Waals surface area contributed by atoms with Crippen LogP contribution in [0.5, 0.6) is 0 Å². The molecule has 7 heteroatoms. The molecule has 1 aliphatic carbocycles. The molecule has 0 radical (unpaired) electrons. The van der Waals surface area contributed by atoms with E-state index in [-0.39, 0.29) is 0 Å². The molecule has 1 saturated carbocycles. The molecule has 3 aliphatic rings. The minimum atomic E-state index is 0.734. The number of aliphatic imine (C=N–C) groups is 1. The third-order valence-corrected chi connectivity index (χ3v) is 5.76. The summed E-state index contributed by atoms with van der Waals surface area (Å²) in [6.07, 6.45) is 5.79. The van der Waals surface area contributed by atoms with E-state index in [0.717, 1.165) is 69.4 Å². The van der Waals surface area contributed by atoms with Gasteiger partial charge in [0, 0.05) is 64.5 Å². The standard InChI is InChI=1S/C19H32N6O/c1-2-20-19(21-13-16-5-7-25(14-16)18-3-4-18)24-10-8-23(9-11-24)15-17-6-12-26-22-17/h6,12,16,18H,2-5,7-11,13-15H2,1H3,(H,20,21). The summed E-state index contributed by atoms with van der Waals surface area (Å²) in [7, 11) is 0. The third kappa shape index (κ3) is 4.57. The van der Waals surface area contributed by atoms with Crippen LogP contribution in [0.4, 0.5) is 0 Å². The van der Waals surface area contributed by atoms with Crippen molar-refractivity contribution in [3.63, 3.8) is 0 Å². The fourth-order valence-corrected chi connectivity index (χ4v) is 4.09. The molecule has 1 aromatic heterocycles. The second-order valence-corrected chi connectivity index (χ2v) is 7.83. The van der Waals surface area contributed by atoms with Crippen molar-refractivity contribution in [1.82, 2.24) is 25.2 Å². The Morgan fingerprint density at radius 3 is 2.77 bits per heavy atom. The first kappa shape index (κ1) is 17.8. The highest BCUT2D eigenvalue weighted by molar-refractivity contribution is 5.80. The van der Waals surface area contributed by atoms with E-state index >= 15 is 0 Å². The first-order valence-electron chi connectivity index (χ1n) is 10.2. The van der Waals surface area contributed by atoms with Crippen molar-refractivity contribution in [2.24, 2.45) is 10.9 Å². The summed E-state index contributed by atoms with van der Waals surface area (Å²) >= 11 is 0. The smallest absolute Gasteiger partial charge is 0.194 e. The number of nitrogens with one attached hydrogen (secondary N) is 1. The van der Waals surface area contributed by atoms with Crippen molar-refractivity contribution in [3.05, 3.63) is 18.0 Å². The molecule has 3 heterocycles. The largest absolute Gasteiger partial charge is 0.364 e. The van der Waals surface area contributed by atoms with Gasteiger partial charge in [0.2, 0.25) is 0 Å². The van der Waals surface area contributed by atoms with Gasteiger partial charge in [0.1, 0.15) is 6.26 Å². The van der Waals surface area contributed by atoms with Crippen molar-refractivity contribution < 1.29 is 4.52 Å². The van der Waals surface area contributed by atoms with Gasteiger partial charge < -0.3 is 19.6 Å². The summed E-state index contributed by atoms with van der Waals surface area (Å²) in [5.74, 6) is 1.83. The van der Waals surface area contributed by atoms with Crippen LogP contribution in [-0.4, -0.2) is 84.2 Å². The van der Waals surface area contributed by atoms with E-state index in [1.54, 1.807) is 6.26 Å². The third-order valence-electron chi connectivity index (χ3n) is 5.76. The minimum Gasteiger partial charge on any atom is -0.364 e. The molecule has 144 valence electrons. The molecular weight excluding hydrogens is 328 g/mol. The van der Waals surface area contributed by atoms with E-state index in [0.29, 0.717) is 0 Å². The van der Waals surface area contributed by atoms with E-state index in [2.05, 4.69) is 32.1 Å². The topological polar surface area (TPSA) is 60.1 Å². The Kier molecular flexibility index (Phi) is 5.75. The van der Waals surface area contributed by atoms with Crippen LogP contribution >= 0.6 is 0 Å². The zero-order valence-electron chi connectivity index (χ0n) is 15.9. The lowest BCUT2D eigenvalue weighted by atomic mass is 10.1. The second kappa shape index (κ2) is 8.39. The molecule has 26 heavy (non-hydrogen) atoms. The number of piperazine rings is 1. The van der Waals surface area contributed by atoms with Gasteiger partial charge in [-0.3, -0.25) is 9.89 Å². The minimum absolute atomic E-state index is 0.734. The average molecular weight is 361 g/mol. The SMILES string of the molecule is CCNC(=NCC1CCN(C2CC2)C1)N1CCN(Cc2ccon2)CC1. The highest BCUT2D eigenvalue weighted by atomic mass is 16.5. The van der Waals surface area contributed by atoms with Crippen LogP contribution in [0.2, 0.25) is 0 Å². The van der Waals surface area contributed by atoms with Gasteiger partial charge in [-0.05, 0) is 38.6 Å². The number of hydrogen-bond acceptors (Lipinski definition) is 5. The lowest BCUT2D eigenvalue weighted by molar-refractivity contribution is 0.169. The van der Waals surface area contributed by atoms with E-state index in [4.69, 9.17) is 9.52 Å². The number of nitrogens with zero attached hydrogens (tertiary/aromatic N) is 5. The Morgan fingerprint density at radius 1 is 1.23 bits per heavy atom. The number of likely N-dealkylation sites (tertiary alicyclic amines) is 1. The summed E-state index contributed by atoms with van der Waals surface area (Å²) in [5, 5.41) is 7.52. The predicted molar refractivity (Wildman–Crippen MR) is 102 cm³/mol. The highest BCUT2D eigenvalue weighted by Crippen LogP contribution is 2.31. The molecular formula is C19H32N6O. The Balaban J connectivity index is 1.26. The van der Waals surface area contributed by atoms with Crippen LogP contribution in [0.3, 0.4) is 0 Å². The fraction of sp³-hybridized carbons (Fsp3) is 0.789. The van der Waals surface area contributed by atoms with Crippen LogP contribution in [0.25, 0.3) is 0 Å². The second-order valence-electron chi connectivity index (χ2n) is 7.83. The van der Waals surface area contributed by atoms with Crippen molar-refractivity contribution >= 4 is 5.96 Å². The molecule has 1 unspecified atom stereocenters. The average Bonchev–Trinajstić information content (AvgIpc) is 3.18.